The molecule has 2 heterocycles. The number of carbonyl (C=O) groups excluding carboxylic acids is 2. The lowest BCUT2D eigenvalue weighted by Gasteiger charge is -2.14. The van der Waals surface area contributed by atoms with Crippen LogP contribution in [0.1, 0.15) is 20.3 Å². The van der Waals surface area contributed by atoms with Crippen molar-refractivity contribution in [3.63, 3.8) is 0 Å². The third-order valence-corrected chi connectivity index (χ3v) is 9.21. The number of thioether (sulfide) groups is 4. The molecule has 2 atom stereocenters. The quantitative estimate of drug-likeness (QED) is 0.409. The Labute approximate surface area is 165 Å². The summed E-state index contributed by atoms with van der Waals surface area (Å²) in [4.78, 5) is 27.1. The van der Waals surface area contributed by atoms with Crippen molar-refractivity contribution in [2.45, 2.75) is 29.4 Å². The first-order chi connectivity index (χ1) is 11.9. The van der Waals surface area contributed by atoms with Crippen LogP contribution in [-0.2, 0) is 19.1 Å². The summed E-state index contributed by atoms with van der Waals surface area (Å²) in [6.45, 7) is 11.6. The van der Waals surface area contributed by atoms with Crippen LogP contribution in [0, 0.1) is 0 Å². The number of hydrogen-bond acceptors (Lipinski definition) is 8. The minimum atomic E-state index is -0.394. The second kappa shape index (κ2) is 9.85. The van der Waals surface area contributed by atoms with Gasteiger partial charge in [-0.05, 0) is 30.1 Å². The molecule has 0 fully saturated rings. The molecule has 4 nitrogen and oxygen atoms in total. The lowest BCUT2D eigenvalue weighted by atomic mass is 10.5. The zero-order valence-electron chi connectivity index (χ0n) is 14.1. The van der Waals surface area contributed by atoms with Gasteiger partial charge in [-0.3, -0.25) is 0 Å². The van der Waals surface area contributed by atoms with Crippen LogP contribution in [0.5, 0.6) is 0 Å². The van der Waals surface area contributed by atoms with E-state index < -0.39 is 11.9 Å². The van der Waals surface area contributed by atoms with Crippen LogP contribution in [0.2, 0.25) is 0 Å². The first-order valence-corrected chi connectivity index (χ1v) is 11.1. The van der Waals surface area contributed by atoms with E-state index in [0.29, 0.717) is 22.4 Å². The van der Waals surface area contributed by atoms with Crippen molar-refractivity contribution in [1.29, 1.82) is 0 Å². The Kier molecular flexibility index (Phi) is 8.12. The highest BCUT2D eigenvalue weighted by molar-refractivity contribution is 8.25. The number of ether oxygens (including phenoxy) is 2. The molecule has 136 valence electrons. The van der Waals surface area contributed by atoms with Gasteiger partial charge in [0, 0.05) is 22.0 Å². The molecule has 0 amide bonds. The molecule has 2 aliphatic rings. The summed E-state index contributed by atoms with van der Waals surface area (Å²) in [7, 11) is 0. The van der Waals surface area contributed by atoms with Gasteiger partial charge < -0.3 is 9.47 Å². The number of carbonyl (C=O) groups is 2. The highest BCUT2D eigenvalue weighted by atomic mass is 32.2. The molecule has 8 heteroatoms. The van der Waals surface area contributed by atoms with E-state index in [9.17, 15) is 9.59 Å². The zero-order chi connectivity index (χ0) is 18.4. The molecule has 25 heavy (non-hydrogen) atoms. The van der Waals surface area contributed by atoms with Crippen LogP contribution in [-0.4, -0.2) is 34.3 Å². The predicted octanol–water partition coefficient (Wildman–Crippen LogP) is 4.91. The first kappa shape index (κ1) is 20.6. The molecule has 2 rings (SSSR count). The smallest absolute Gasteiger partial charge is 0.330 e. The van der Waals surface area contributed by atoms with Crippen LogP contribution in [0.3, 0.4) is 0 Å². The monoisotopic (exact) mass is 416 g/mol. The lowest BCUT2D eigenvalue weighted by molar-refractivity contribution is -0.137. The Balaban J connectivity index is 1.77. The molecule has 0 saturated carbocycles. The van der Waals surface area contributed by atoms with E-state index in [4.69, 9.17) is 9.47 Å². The van der Waals surface area contributed by atoms with E-state index in [0.717, 1.165) is 16.2 Å². The number of allylic oxidation sites excluding steroid dienone is 2. The Hall–Kier alpha value is -0.700. The molecule has 0 aromatic rings. The van der Waals surface area contributed by atoms with E-state index in [2.05, 4.69) is 27.0 Å². The maximum absolute atomic E-state index is 11.2. The van der Waals surface area contributed by atoms with Crippen molar-refractivity contribution < 1.29 is 19.1 Å². The van der Waals surface area contributed by atoms with Gasteiger partial charge in [0.15, 0.2) is 0 Å². The fourth-order valence-corrected chi connectivity index (χ4v) is 8.63. The molecule has 0 saturated heterocycles. The minimum absolute atomic E-state index is 0.315. The highest BCUT2D eigenvalue weighted by Gasteiger charge is 2.31. The fraction of sp³-hybridized carbons (Fsp3) is 0.412. The third kappa shape index (κ3) is 6.20. The van der Waals surface area contributed by atoms with Crippen molar-refractivity contribution in [3.8, 4) is 0 Å². The predicted molar refractivity (Wildman–Crippen MR) is 110 cm³/mol. The fourth-order valence-electron chi connectivity index (χ4n) is 2.07. The third-order valence-electron chi connectivity index (χ3n) is 3.36. The first-order valence-electron chi connectivity index (χ1n) is 7.57. The number of esters is 2. The van der Waals surface area contributed by atoms with E-state index in [1.807, 2.05) is 23.5 Å². The Bertz CT molecular complexity index is 585. The van der Waals surface area contributed by atoms with Gasteiger partial charge in [-0.25, -0.2) is 9.59 Å². The summed E-state index contributed by atoms with van der Waals surface area (Å²) in [5, 5.41) is 0. The zero-order valence-corrected chi connectivity index (χ0v) is 17.4. The summed E-state index contributed by atoms with van der Waals surface area (Å²) in [5.74, 6) is -0.787. The van der Waals surface area contributed by atoms with Crippen molar-refractivity contribution in [2.75, 3.05) is 13.2 Å². The van der Waals surface area contributed by atoms with Gasteiger partial charge in [-0.15, -0.1) is 47.0 Å². The van der Waals surface area contributed by atoms with Crippen LogP contribution < -0.4 is 0 Å². The molecule has 2 aliphatic heterocycles. The molecule has 2 unspecified atom stereocenters. The SMILES string of the molecule is C=CC(=O)OCC1=C(C)SC(CC2SC(C)=C(COC(=O)C=C)S2)S1. The maximum atomic E-state index is 11.2. The van der Waals surface area contributed by atoms with Gasteiger partial charge >= 0.3 is 11.9 Å². The molecule has 0 aromatic carbocycles. The summed E-state index contributed by atoms with van der Waals surface area (Å²) in [6, 6.07) is 0. The van der Waals surface area contributed by atoms with Gasteiger partial charge in [0.25, 0.3) is 0 Å². The van der Waals surface area contributed by atoms with E-state index in [1.54, 1.807) is 23.5 Å². The van der Waals surface area contributed by atoms with Crippen LogP contribution in [0.15, 0.2) is 44.9 Å². The van der Waals surface area contributed by atoms with Gasteiger partial charge in [0.1, 0.15) is 13.2 Å². The summed E-state index contributed by atoms with van der Waals surface area (Å²) in [5.41, 5.74) is 0. The van der Waals surface area contributed by atoms with E-state index in [1.165, 1.54) is 22.0 Å². The van der Waals surface area contributed by atoms with Crippen molar-refractivity contribution >= 4 is 59.0 Å². The molecular formula is C17H20O4S4. The Morgan fingerprint density at radius 1 is 0.880 bits per heavy atom. The van der Waals surface area contributed by atoms with E-state index >= 15 is 0 Å². The number of hydrogen-bond donors (Lipinski definition) is 0. The van der Waals surface area contributed by atoms with Crippen LogP contribution in [0.4, 0.5) is 0 Å². The summed E-state index contributed by atoms with van der Waals surface area (Å²) >= 11 is 7.19. The standard InChI is InChI=1S/C17H20O4S4/c1-5-14(18)20-8-12-10(3)22-16(24-12)7-17-23-11(4)13(25-17)9-21-15(19)6-2/h5-6,16-17H,1-2,7-9H2,3-4H3. The normalized spacial score (nSPS) is 23.0. The molecule has 0 bridgehead atoms. The molecule has 0 N–H and O–H groups in total. The van der Waals surface area contributed by atoms with Gasteiger partial charge in [0.05, 0.1) is 9.16 Å². The highest BCUT2D eigenvalue weighted by Crippen LogP contribution is 2.53. The van der Waals surface area contributed by atoms with Gasteiger partial charge in [0.2, 0.25) is 0 Å². The molecule has 0 aliphatic carbocycles. The average molecular weight is 417 g/mol. The average Bonchev–Trinajstić information content (AvgIpc) is 3.12. The molecule has 0 aromatic heterocycles. The number of rotatable bonds is 8. The minimum Gasteiger partial charge on any atom is -0.457 e. The Morgan fingerprint density at radius 3 is 1.64 bits per heavy atom. The van der Waals surface area contributed by atoms with Crippen molar-refractivity contribution in [2.24, 2.45) is 0 Å². The molecule has 0 radical (unpaired) electrons. The van der Waals surface area contributed by atoms with Crippen LogP contribution >= 0.6 is 47.0 Å². The van der Waals surface area contributed by atoms with E-state index in [-0.39, 0.29) is 0 Å². The largest absolute Gasteiger partial charge is 0.457 e. The second-order valence-electron chi connectivity index (χ2n) is 5.15. The summed E-state index contributed by atoms with van der Waals surface area (Å²) < 4.78 is 11.1. The van der Waals surface area contributed by atoms with Crippen LogP contribution in [0.25, 0.3) is 0 Å². The summed E-state index contributed by atoms with van der Waals surface area (Å²) in [6.07, 6.45) is 3.37. The molecular weight excluding hydrogens is 396 g/mol. The van der Waals surface area contributed by atoms with Gasteiger partial charge in [-0.1, -0.05) is 13.2 Å². The topological polar surface area (TPSA) is 52.6 Å². The Morgan fingerprint density at radius 2 is 1.28 bits per heavy atom. The second-order valence-corrected chi connectivity index (χ2v) is 11.2. The maximum Gasteiger partial charge on any atom is 0.330 e. The van der Waals surface area contributed by atoms with Gasteiger partial charge in [-0.2, -0.15) is 0 Å². The molecule has 0 spiro atoms. The van der Waals surface area contributed by atoms with Crippen molar-refractivity contribution in [3.05, 3.63) is 44.9 Å². The lowest BCUT2D eigenvalue weighted by Crippen LogP contribution is -2.06. The van der Waals surface area contributed by atoms with Crippen molar-refractivity contribution in [1.82, 2.24) is 0 Å².